The van der Waals surface area contributed by atoms with Crippen LogP contribution in [0.5, 0.6) is 5.88 Å². The molecular formula is C23H29FN2O2. The second kappa shape index (κ2) is 9.26. The molecule has 1 atom stereocenters. The number of ether oxygens (including phenoxy) is 1. The van der Waals surface area contributed by atoms with E-state index in [1.165, 1.54) is 0 Å². The van der Waals surface area contributed by atoms with Crippen LogP contribution in [0.3, 0.4) is 0 Å². The van der Waals surface area contributed by atoms with Gasteiger partial charge in [0.1, 0.15) is 0 Å². The first-order valence-electron chi connectivity index (χ1n) is 10.2. The molecule has 0 bridgehead atoms. The number of hydrogen-bond acceptors (Lipinski definition) is 4. The number of Topliss-reactive ketones (excluding diaryl/α,β-unsaturated/α-hetero) is 1. The Morgan fingerprint density at radius 3 is 2.57 bits per heavy atom. The summed E-state index contributed by atoms with van der Waals surface area (Å²) in [6.45, 7) is 3.98. The number of methoxy groups -OCH3 is 1. The molecule has 150 valence electrons. The van der Waals surface area contributed by atoms with Gasteiger partial charge >= 0.3 is 0 Å². The van der Waals surface area contributed by atoms with Crippen LogP contribution in [0.1, 0.15) is 72.9 Å². The summed E-state index contributed by atoms with van der Waals surface area (Å²) < 4.78 is 18.8. The van der Waals surface area contributed by atoms with Crippen LogP contribution in [-0.4, -0.2) is 22.9 Å². The highest BCUT2D eigenvalue weighted by atomic mass is 19.1. The molecule has 1 saturated carbocycles. The van der Waals surface area contributed by atoms with Gasteiger partial charge in [0.25, 0.3) is 0 Å². The summed E-state index contributed by atoms with van der Waals surface area (Å²) in [5.74, 6) is 1.63. The van der Waals surface area contributed by atoms with Gasteiger partial charge in [0.15, 0.2) is 5.78 Å². The number of carbonyl (C=O) groups is 1. The van der Waals surface area contributed by atoms with Crippen molar-refractivity contribution in [1.82, 2.24) is 9.97 Å². The summed E-state index contributed by atoms with van der Waals surface area (Å²) in [6, 6.07) is 5.48. The molecule has 1 fully saturated rings. The van der Waals surface area contributed by atoms with Crippen molar-refractivity contribution in [3.05, 3.63) is 53.2 Å². The highest BCUT2D eigenvalue weighted by Crippen LogP contribution is 2.41. The molecule has 4 nitrogen and oxygen atoms in total. The van der Waals surface area contributed by atoms with E-state index in [1.54, 1.807) is 31.6 Å². The van der Waals surface area contributed by atoms with Crippen molar-refractivity contribution in [1.29, 1.82) is 0 Å². The maximum atomic E-state index is 13.8. The highest BCUT2D eigenvalue weighted by molar-refractivity contribution is 5.95. The number of nitrogens with zero attached hydrogens (tertiary/aromatic N) is 2. The SMILES string of the molecule is CC[C@H](CC(=O)c1ccc(OC)nc1)C1CCC(c2ccnc(F)c2C)CC1. The molecule has 0 aliphatic heterocycles. The van der Waals surface area contributed by atoms with E-state index in [2.05, 4.69) is 16.9 Å². The molecule has 0 saturated heterocycles. The van der Waals surface area contributed by atoms with E-state index in [1.807, 2.05) is 13.0 Å². The Labute approximate surface area is 166 Å². The molecule has 0 unspecified atom stereocenters. The first kappa shape index (κ1) is 20.4. The maximum Gasteiger partial charge on any atom is 0.216 e. The first-order chi connectivity index (χ1) is 13.5. The molecule has 2 aromatic rings. The molecule has 3 rings (SSSR count). The molecule has 0 spiro atoms. The van der Waals surface area contributed by atoms with Crippen molar-refractivity contribution >= 4 is 5.78 Å². The molecule has 1 aliphatic carbocycles. The van der Waals surface area contributed by atoms with E-state index in [9.17, 15) is 9.18 Å². The number of rotatable bonds is 7. The van der Waals surface area contributed by atoms with Gasteiger partial charge in [-0.15, -0.1) is 0 Å². The summed E-state index contributed by atoms with van der Waals surface area (Å²) in [5, 5.41) is 0. The van der Waals surface area contributed by atoms with E-state index in [0.29, 0.717) is 41.2 Å². The Bertz CT molecular complexity index is 799. The molecule has 2 heterocycles. The predicted molar refractivity (Wildman–Crippen MR) is 107 cm³/mol. The zero-order valence-electron chi connectivity index (χ0n) is 17.0. The number of aromatic nitrogens is 2. The van der Waals surface area contributed by atoms with E-state index in [0.717, 1.165) is 37.7 Å². The molecular weight excluding hydrogens is 355 g/mol. The van der Waals surface area contributed by atoms with Crippen LogP contribution in [0, 0.1) is 24.7 Å². The number of pyridine rings is 2. The minimum absolute atomic E-state index is 0.149. The van der Waals surface area contributed by atoms with Gasteiger partial charge in [-0.1, -0.05) is 13.3 Å². The van der Waals surface area contributed by atoms with Crippen molar-refractivity contribution in [3.63, 3.8) is 0 Å². The van der Waals surface area contributed by atoms with Gasteiger partial charge in [-0.3, -0.25) is 4.79 Å². The van der Waals surface area contributed by atoms with Gasteiger partial charge < -0.3 is 4.74 Å². The van der Waals surface area contributed by atoms with Crippen molar-refractivity contribution in [2.24, 2.45) is 11.8 Å². The smallest absolute Gasteiger partial charge is 0.216 e. The van der Waals surface area contributed by atoms with Crippen LogP contribution in [0.15, 0.2) is 30.6 Å². The lowest BCUT2D eigenvalue weighted by atomic mass is 9.71. The fourth-order valence-electron chi connectivity index (χ4n) is 4.53. The lowest BCUT2D eigenvalue weighted by Crippen LogP contribution is -2.23. The van der Waals surface area contributed by atoms with E-state index < -0.39 is 0 Å². The van der Waals surface area contributed by atoms with Crippen molar-refractivity contribution in [2.75, 3.05) is 7.11 Å². The Morgan fingerprint density at radius 2 is 1.96 bits per heavy atom. The van der Waals surface area contributed by atoms with Gasteiger partial charge in [0.2, 0.25) is 11.8 Å². The number of ketones is 1. The third kappa shape index (κ3) is 4.57. The van der Waals surface area contributed by atoms with Crippen LogP contribution >= 0.6 is 0 Å². The van der Waals surface area contributed by atoms with Gasteiger partial charge in [0, 0.05) is 36.0 Å². The summed E-state index contributed by atoms with van der Waals surface area (Å²) in [7, 11) is 1.56. The summed E-state index contributed by atoms with van der Waals surface area (Å²) in [4.78, 5) is 20.6. The fraction of sp³-hybridized carbons (Fsp3) is 0.522. The van der Waals surface area contributed by atoms with Crippen LogP contribution in [0.25, 0.3) is 0 Å². The average molecular weight is 384 g/mol. The van der Waals surface area contributed by atoms with Crippen LogP contribution in [-0.2, 0) is 0 Å². The zero-order valence-corrected chi connectivity index (χ0v) is 17.0. The lowest BCUT2D eigenvalue weighted by molar-refractivity contribution is 0.0925. The molecule has 0 aromatic carbocycles. The van der Waals surface area contributed by atoms with Crippen LogP contribution in [0.4, 0.5) is 4.39 Å². The minimum atomic E-state index is -0.357. The molecule has 0 N–H and O–H groups in total. The number of hydrogen-bond donors (Lipinski definition) is 0. The Kier molecular flexibility index (Phi) is 6.76. The van der Waals surface area contributed by atoms with Crippen LogP contribution in [0.2, 0.25) is 0 Å². The van der Waals surface area contributed by atoms with Crippen molar-refractivity contribution < 1.29 is 13.9 Å². The largest absolute Gasteiger partial charge is 0.481 e. The second-order valence-corrected chi connectivity index (χ2v) is 7.81. The quantitative estimate of drug-likeness (QED) is 0.467. The molecule has 1 aliphatic rings. The van der Waals surface area contributed by atoms with Crippen molar-refractivity contribution in [2.45, 2.75) is 58.3 Å². The maximum absolute atomic E-state index is 13.8. The van der Waals surface area contributed by atoms with Gasteiger partial charge in [-0.25, -0.2) is 9.97 Å². The fourth-order valence-corrected chi connectivity index (χ4v) is 4.53. The van der Waals surface area contributed by atoms with E-state index in [-0.39, 0.29) is 11.7 Å². The Morgan fingerprint density at radius 1 is 1.21 bits per heavy atom. The molecule has 0 radical (unpaired) electrons. The number of halogens is 1. The van der Waals surface area contributed by atoms with Gasteiger partial charge in [0.05, 0.1) is 7.11 Å². The van der Waals surface area contributed by atoms with E-state index in [4.69, 9.17) is 4.74 Å². The Balaban J connectivity index is 1.60. The highest BCUT2D eigenvalue weighted by Gasteiger charge is 2.30. The lowest BCUT2D eigenvalue weighted by Gasteiger charge is -2.34. The second-order valence-electron chi connectivity index (χ2n) is 7.81. The van der Waals surface area contributed by atoms with E-state index >= 15 is 0 Å². The normalized spacial score (nSPS) is 20.6. The molecule has 5 heteroatoms. The van der Waals surface area contributed by atoms with Crippen LogP contribution < -0.4 is 4.74 Å². The molecule has 2 aromatic heterocycles. The van der Waals surface area contributed by atoms with Gasteiger partial charge in [-0.2, -0.15) is 4.39 Å². The predicted octanol–water partition coefficient (Wildman–Crippen LogP) is 5.51. The first-order valence-corrected chi connectivity index (χ1v) is 10.2. The number of carbonyl (C=O) groups excluding carboxylic acids is 1. The summed E-state index contributed by atoms with van der Waals surface area (Å²) in [6.07, 6.45) is 8.98. The third-order valence-electron chi connectivity index (χ3n) is 6.30. The monoisotopic (exact) mass is 384 g/mol. The summed E-state index contributed by atoms with van der Waals surface area (Å²) >= 11 is 0. The summed E-state index contributed by atoms with van der Waals surface area (Å²) in [5.41, 5.74) is 2.43. The topological polar surface area (TPSA) is 52.1 Å². The zero-order chi connectivity index (χ0) is 20.1. The Hall–Kier alpha value is -2.30. The molecule has 0 amide bonds. The third-order valence-corrected chi connectivity index (χ3v) is 6.30. The standard InChI is InChI=1S/C23H29FN2O2/c1-4-16(13-21(27)19-9-10-22(28-3)26-14-19)17-5-7-18(8-6-17)20-11-12-25-23(24)15(20)2/h9-12,14,16-18H,4-8,13H2,1-3H3/t16-,17?,18?/m1/s1. The minimum Gasteiger partial charge on any atom is -0.481 e. The average Bonchev–Trinajstić information content (AvgIpc) is 2.74. The molecule has 28 heavy (non-hydrogen) atoms. The van der Waals surface area contributed by atoms with Crippen molar-refractivity contribution in [3.8, 4) is 5.88 Å². The van der Waals surface area contributed by atoms with Gasteiger partial charge in [-0.05, 0) is 68.1 Å².